The molecule has 1 aromatic heterocycles. The highest BCUT2D eigenvalue weighted by Crippen LogP contribution is 2.18. The molecule has 94 valence electrons. The molecule has 0 fully saturated rings. The Morgan fingerprint density at radius 3 is 2.83 bits per heavy atom. The lowest BCUT2D eigenvalue weighted by Crippen LogP contribution is -2.26. The van der Waals surface area contributed by atoms with E-state index in [0.717, 1.165) is 5.56 Å². The van der Waals surface area contributed by atoms with Crippen LogP contribution in [-0.4, -0.2) is 28.1 Å². The standard InChI is InChI=1S/C12H15N5O/c1-17(7-8-5-15-16-6-8)12(18)10-3-2-9(13)4-11(10)14/h2-6H,7,13-14H2,1H3,(H,15,16). The zero-order chi connectivity index (χ0) is 13.1. The molecule has 1 heterocycles. The minimum Gasteiger partial charge on any atom is -0.399 e. The topological polar surface area (TPSA) is 101 Å². The summed E-state index contributed by atoms with van der Waals surface area (Å²) in [6.45, 7) is 0.471. The van der Waals surface area contributed by atoms with E-state index in [1.54, 1.807) is 42.5 Å². The van der Waals surface area contributed by atoms with Gasteiger partial charge in [-0.15, -0.1) is 0 Å². The summed E-state index contributed by atoms with van der Waals surface area (Å²) in [5.41, 5.74) is 13.7. The van der Waals surface area contributed by atoms with Crippen molar-refractivity contribution in [2.24, 2.45) is 0 Å². The fourth-order valence-electron chi connectivity index (χ4n) is 1.69. The maximum absolute atomic E-state index is 12.2. The number of carbonyl (C=O) groups is 1. The lowest BCUT2D eigenvalue weighted by atomic mass is 10.1. The van der Waals surface area contributed by atoms with Crippen molar-refractivity contribution in [2.75, 3.05) is 18.5 Å². The molecule has 0 spiro atoms. The summed E-state index contributed by atoms with van der Waals surface area (Å²) in [6.07, 6.45) is 3.42. The number of nitrogen functional groups attached to an aromatic ring is 2. The Morgan fingerprint density at radius 1 is 1.44 bits per heavy atom. The number of nitrogens with zero attached hydrogens (tertiary/aromatic N) is 2. The first-order valence-electron chi connectivity index (χ1n) is 5.46. The first kappa shape index (κ1) is 12.0. The van der Waals surface area contributed by atoms with Gasteiger partial charge in [-0.25, -0.2) is 0 Å². The minimum absolute atomic E-state index is 0.145. The molecule has 0 saturated carbocycles. The fraction of sp³-hybridized carbons (Fsp3) is 0.167. The molecular weight excluding hydrogens is 230 g/mol. The maximum atomic E-state index is 12.2. The van der Waals surface area contributed by atoms with Crippen LogP contribution in [0.25, 0.3) is 0 Å². The molecule has 0 aliphatic heterocycles. The van der Waals surface area contributed by atoms with Gasteiger partial charge in [-0.1, -0.05) is 0 Å². The van der Waals surface area contributed by atoms with Crippen molar-refractivity contribution in [3.63, 3.8) is 0 Å². The Hall–Kier alpha value is -2.50. The van der Waals surface area contributed by atoms with Crippen LogP contribution in [0.4, 0.5) is 11.4 Å². The zero-order valence-corrected chi connectivity index (χ0v) is 10.1. The highest BCUT2D eigenvalue weighted by atomic mass is 16.2. The quantitative estimate of drug-likeness (QED) is 0.697. The summed E-state index contributed by atoms with van der Waals surface area (Å²) in [4.78, 5) is 13.8. The summed E-state index contributed by atoms with van der Waals surface area (Å²) in [7, 11) is 1.71. The van der Waals surface area contributed by atoms with Gasteiger partial charge in [-0.3, -0.25) is 9.89 Å². The summed E-state index contributed by atoms with van der Waals surface area (Å²) in [5.74, 6) is -0.145. The van der Waals surface area contributed by atoms with Gasteiger partial charge in [0, 0.05) is 36.7 Å². The number of H-pyrrole nitrogens is 1. The van der Waals surface area contributed by atoms with Crippen LogP contribution in [0.15, 0.2) is 30.6 Å². The second kappa shape index (κ2) is 4.79. The molecule has 5 N–H and O–H groups in total. The van der Waals surface area contributed by atoms with E-state index in [1.807, 2.05) is 0 Å². The number of hydrogen-bond donors (Lipinski definition) is 3. The van der Waals surface area contributed by atoms with Crippen molar-refractivity contribution in [1.29, 1.82) is 0 Å². The van der Waals surface area contributed by atoms with Crippen LogP contribution in [0.3, 0.4) is 0 Å². The molecule has 0 aliphatic carbocycles. The van der Waals surface area contributed by atoms with Crippen molar-refractivity contribution in [3.8, 4) is 0 Å². The molecule has 0 bridgehead atoms. The number of hydrogen-bond acceptors (Lipinski definition) is 4. The van der Waals surface area contributed by atoms with Crippen LogP contribution in [0.2, 0.25) is 0 Å². The van der Waals surface area contributed by atoms with Crippen LogP contribution >= 0.6 is 0 Å². The van der Waals surface area contributed by atoms with Crippen molar-refractivity contribution in [2.45, 2.75) is 6.54 Å². The average molecular weight is 245 g/mol. The third kappa shape index (κ3) is 2.42. The number of carbonyl (C=O) groups excluding carboxylic acids is 1. The highest BCUT2D eigenvalue weighted by Gasteiger charge is 2.15. The lowest BCUT2D eigenvalue weighted by Gasteiger charge is -2.17. The van der Waals surface area contributed by atoms with E-state index < -0.39 is 0 Å². The van der Waals surface area contributed by atoms with E-state index in [-0.39, 0.29) is 5.91 Å². The summed E-state index contributed by atoms with van der Waals surface area (Å²) in [6, 6.07) is 4.88. The zero-order valence-electron chi connectivity index (χ0n) is 10.1. The van der Waals surface area contributed by atoms with Crippen LogP contribution in [0, 0.1) is 0 Å². The smallest absolute Gasteiger partial charge is 0.255 e. The molecule has 2 rings (SSSR count). The van der Waals surface area contributed by atoms with Crippen molar-refractivity contribution in [1.82, 2.24) is 15.1 Å². The second-order valence-corrected chi connectivity index (χ2v) is 4.11. The van der Waals surface area contributed by atoms with Crippen molar-refractivity contribution >= 4 is 17.3 Å². The van der Waals surface area contributed by atoms with Crippen molar-refractivity contribution in [3.05, 3.63) is 41.7 Å². The van der Waals surface area contributed by atoms with Gasteiger partial charge in [0.15, 0.2) is 0 Å². The van der Waals surface area contributed by atoms with Gasteiger partial charge < -0.3 is 16.4 Å². The number of nitrogens with two attached hydrogens (primary N) is 2. The van der Waals surface area contributed by atoms with E-state index >= 15 is 0 Å². The highest BCUT2D eigenvalue weighted by molar-refractivity contribution is 5.99. The molecule has 0 saturated heterocycles. The largest absolute Gasteiger partial charge is 0.399 e. The predicted molar refractivity (Wildman–Crippen MR) is 69.7 cm³/mol. The van der Waals surface area contributed by atoms with Gasteiger partial charge in [-0.05, 0) is 18.2 Å². The lowest BCUT2D eigenvalue weighted by molar-refractivity contribution is 0.0786. The van der Waals surface area contributed by atoms with Crippen molar-refractivity contribution < 1.29 is 4.79 Å². The average Bonchev–Trinajstić information content (AvgIpc) is 2.81. The van der Waals surface area contributed by atoms with Gasteiger partial charge in [0.1, 0.15) is 0 Å². The molecule has 1 amide bonds. The first-order chi connectivity index (χ1) is 8.58. The number of rotatable bonds is 3. The van der Waals surface area contributed by atoms with Crippen LogP contribution in [0.1, 0.15) is 15.9 Å². The Balaban J connectivity index is 2.15. The molecular formula is C12H15N5O. The summed E-state index contributed by atoms with van der Waals surface area (Å²) >= 11 is 0. The van der Waals surface area contributed by atoms with E-state index in [1.165, 1.54) is 0 Å². The fourth-order valence-corrected chi connectivity index (χ4v) is 1.69. The van der Waals surface area contributed by atoms with E-state index in [2.05, 4.69) is 10.2 Å². The molecule has 18 heavy (non-hydrogen) atoms. The third-order valence-electron chi connectivity index (χ3n) is 2.63. The summed E-state index contributed by atoms with van der Waals surface area (Å²) < 4.78 is 0. The Bertz CT molecular complexity index is 550. The Labute approximate surface area is 105 Å². The van der Waals surface area contributed by atoms with E-state index in [4.69, 9.17) is 11.5 Å². The molecule has 6 nitrogen and oxygen atoms in total. The molecule has 1 aromatic carbocycles. The number of aromatic nitrogens is 2. The van der Waals surface area contributed by atoms with E-state index in [9.17, 15) is 4.79 Å². The van der Waals surface area contributed by atoms with E-state index in [0.29, 0.717) is 23.5 Å². The Morgan fingerprint density at radius 2 is 2.22 bits per heavy atom. The van der Waals surface area contributed by atoms with Gasteiger partial charge in [0.2, 0.25) is 0 Å². The number of amides is 1. The SMILES string of the molecule is CN(Cc1cn[nH]c1)C(=O)c1ccc(N)cc1N. The molecule has 2 aromatic rings. The second-order valence-electron chi connectivity index (χ2n) is 4.11. The molecule has 0 atom stereocenters. The first-order valence-corrected chi connectivity index (χ1v) is 5.46. The van der Waals surface area contributed by atoms with Gasteiger partial charge >= 0.3 is 0 Å². The predicted octanol–water partition coefficient (Wildman–Crippen LogP) is 0.846. The van der Waals surface area contributed by atoms with Crippen LogP contribution in [0.5, 0.6) is 0 Å². The number of anilines is 2. The number of benzene rings is 1. The summed E-state index contributed by atoms with van der Waals surface area (Å²) in [5, 5.41) is 6.54. The minimum atomic E-state index is -0.145. The number of aromatic amines is 1. The number of nitrogens with one attached hydrogen (secondary N) is 1. The molecule has 0 unspecified atom stereocenters. The maximum Gasteiger partial charge on any atom is 0.255 e. The van der Waals surface area contributed by atoms with Gasteiger partial charge in [-0.2, -0.15) is 5.10 Å². The third-order valence-corrected chi connectivity index (χ3v) is 2.63. The van der Waals surface area contributed by atoms with Crippen LogP contribution < -0.4 is 11.5 Å². The molecule has 0 radical (unpaired) electrons. The monoisotopic (exact) mass is 245 g/mol. The molecule has 0 aliphatic rings. The van der Waals surface area contributed by atoms with Crippen LogP contribution in [-0.2, 0) is 6.54 Å². The molecule has 6 heteroatoms. The Kier molecular flexibility index (Phi) is 3.18. The van der Waals surface area contributed by atoms with Gasteiger partial charge in [0.25, 0.3) is 5.91 Å². The normalized spacial score (nSPS) is 10.3. The van der Waals surface area contributed by atoms with Gasteiger partial charge in [0.05, 0.1) is 11.8 Å².